The molecule has 0 unspecified atom stereocenters. The lowest BCUT2D eigenvalue weighted by atomic mass is 10.1. The molecule has 1 aliphatic heterocycles. The van der Waals surface area contributed by atoms with E-state index in [0.717, 1.165) is 30.1 Å². The van der Waals surface area contributed by atoms with Gasteiger partial charge in [-0.05, 0) is 35.9 Å². The fraction of sp³-hybridized carbons (Fsp3) is 0.261. The molecule has 9 heteroatoms. The molecule has 0 radical (unpaired) electrons. The number of methoxy groups -OCH3 is 1. The Morgan fingerprint density at radius 2 is 2.09 bits per heavy atom. The summed E-state index contributed by atoms with van der Waals surface area (Å²) in [5.74, 6) is 0.769. The Balaban J connectivity index is 1.36. The predicted molar refractivity (Wildman–Crippen MR) is 126 cm³/mol. The molecular formula is C23H23ClN4O3S. The molecule has 0 atom stereocenters. The number of H-pyrrole nitrogens is 1. The zero-order chi connectivity index (χ0) is 22.5. The molecule has 0 spiro atoms. The van der Waals surface area contributed by atoms with E-state index in [0.29, 0.717) is 34.4 Å². The molecule has 166 valence electrons. The van der Waals surface area contributed by atoms with E-state index in [1.54, 1.807) is 31.4 Å². The first-order valence-electron chi connectivity index (χ1n) is 10.2. The Labute approximate surface area is 195 Å². The summed E-state index contributed by atoms with van der Waals surface area (Å²) in [5, 5.41) is 3.80. The van der Waals surface area contributed by atoms with Gasteiger partial charge in [-0.25, -0.2) is 4.98 Å². The summed E-state index contributed by atoms with van der Waals surface area (Å²) in [6, 6.07) is 14.9. The SMILES string of the molecule is COc1ccc(CN2CCc3nc(SCC(=O)Nc4cccc(Cl)c4)[nH]c(=O)c3C2)cc1. The van der Waals surface area contributed by atoms with Crippen LogP contribution in [0.1, 0.15) is 16.8 Å². The highest BCUT2D eigenvalue weighted by Crippen LogP contribution is 2.21. The number of hydrogen-bond acceptors (Lipinski definition) is 6. The van der Waals surface area contributed by atoms with Crippen LogP contribution < -0.4 is 15.6 Å². The number of nitrogens with one attached hydrogen (secondary N) is 2. The van der Waals surface area contributed by atoms with Crippen molar-refractivity contribution in [2.75, 3.05) is 24.7 Å². The van der Waals surface area contributed by atoms with Gasteiger partial charge in [-0.2, -0.15) is 0 Å². The first-order valence-corrected chi connectivity index (χ1v) is 11.5. The highest BCUT2D eigenvalue weighted by atomic mass is 35.5. The normalized spacial score (nSPS) is 13.4. The second-order valence-electron chi connectivity index (χ2n) is 7.45. The minimum Gasteiger partial charge on any atom is -0.497 e. The van der Waals surface area contributed by atoms with Gasteiger partial charge in [0.2, 0.25) is 5.91 Å². The van der Waals surface area contributed by atoms with Gasteiger partial charge in [0.15, 0.2) is 5.16 Å². The molecule has 1 aliphatic rings. The van der Waals surface area contributed by atoms with Gasteiger partial charge in [0, 0.05) is 36.8 Å². The molecule has 0 saturated carbocycles. The summed E-state index contributed by atoms with van der Waals surface area (Å²) >= 11 is 7.15. The van der Waals surface area contributed by atoms with Gasteiger partial charge in [0.05, 0.1) is 24.1 Å². The monoisotopic (exact) mass is 470 g/mol. The van der Waals surface area contributed by atoms with Gasteiger partial charge in [-0.3, -0.25) is 14.5 Å². The molecule has 2 heterocycles. The maximum Gasteiger partial charge on any atom is 0.256 e. The summed E-state index contributed by atoms with van der Waals surface area (Å²) in [4.78, 5) is 34.5. The number of anilines is 1. The molecule has 0 bridgehead atoms. The summed E-state index contributed by atoms with van der Waals surface area (Å²) in [6.07, 6.45) is 0.692. The Bertz CT molecular complexity index is 1170. The number of carbonyl (C=O) groups is 1. The largest absolute Gasteiger partial charge is 0.497 e. The van der Waals surface area contributed by atoms with Crippen LogP contribution in [0, 0.1) is 0 Å². The van der Waals surface area contributed by atoms with Crippen molar-refractivity contribution in [3.05, 3.63) is 80.7 Å². The second kappa shape index (κ2) is 10.2. The number of benzene rings is 2. The summed E-state index contributed by atoms with van der Waals surface area (Å²) < 4.78 is 5.20. The Morgan fingerprint density at radius 3 is 2.84 bits per heavy atom. The smallest absolute Gasteiger partial charge is 0.256 e. The molecular weight excluding hydrogens is 448 g/mol. The summed E-state index contributed by atoms with van der Waals surface area (Å²) in [7, 11) is 1.65. The third-order valence-electron chi connectivity index (χ3n) is 5.14. The summed E-state index contributed by atoms with van der Waals surface area (Å²) in [5.41, 5.74) is 3.14. The van der Waals surface area contributed by atoms with Gasteiger partial charge >= 0.3 is 0 Å². The quantitative estimate of drug-likeness (QED) is 0.404. The molecule has 32 heavy (non-hydrogen) atoms. The molecule has 2 N–H and O–H groups in total. The Morgan fingerprint density at radius 1 is 1.28 bits per heavy atom. The van der Waals surface area contributed by atoms with Gasteiger partial charge in [0.25, 0.3) is 5.56 Å². The number of carbonyl (C=O) groups excluding carboxylic acids is 1. The van der Waals surface area contributed by atoms with Crippen molar-refractivity contribution in [1.82, 2.24) is 14.9 Å². The van der Waals surface area contributed by atoms with E-state index in [4.69, 9.17) is 16.3 Å². The Hall–Kier alpha value is -2.81. The zero-order valence-corrected chi connectivity index (χ0v) is 19.1. The molecule has 0 aliphatic carbocycles. The predicted octanol–water partition coefficient (Wildman–Crippen LogP) is 3.72. The minimum absolute atomic E-state index is 0.137. The van der Waals surface area contributed by atoms with E-state index < -0.39 is 0 Å². The number of thioether (sulfide) groups is 1. The molecule has 0 saturated heterocycles. The number of hydrogen-bond donors (Lipinski definition) is 2. The van der Waals surface area contributed by atoms with Crippen LogP contribution in [0.4, 0.5) is 5.69 Å². The highest BCUT2D eigenvalue weighted by molar-refractivity contribution is 7.99. The lowest BCUT2D eigenvalue weighted by Crippen LogP contribution is -2.35. The fourth-order valence-corrected chi connectivity index (χ4v) is 4.42. The van der Waals surface area contributed by atoms with E-state index in [2.05, 4.69) is 20.2 Å². The van der Waals surface area contributed by atoms with E-state index >= 15 is 0 Å². The van der Waals surface area contributed by atoms with Gasteiger partial charge in [-0.15, -0.1) is 0 Å². The molecule has 3 aromatic rings. The number of halogens is 1. The number of aromatic amines is 1. The molecule has 2 aromatic carbocycles. The molecule has 1 amide bonds. The van der Waals surface area contributed by atoms with E-state index in [1.807, 2.05) is 24.3 Å². The second-order valence-corrected chi connectivity index (χ2v) is 8.85. The number of aromatic nitrogens is 2. The molecule has 4 rings (SSSR count). The maximum absolute atomic E-state index is 12.7. The van der Waals surface area contributed by atoms with Crippen molar-refractivity contribution in [1.29, 1.82) is 0 Å². The topological polar surface area (TPSA) is 87.3 Å². The van der Waals surface area contributed by atoms with Crippen molar-refractivity contribution < 1.29 is 9.53 Å². The van der Waals surface area contributed by atoms with Crippen LogP contribution in [-0.4, -0.2) is 40.2 Å². The average Bonchev–Trinajstić information content (AvgIpc) is 2.79. The zero-order valence-electron chi connectivity index (χ0n) is 17.6. The van der Waals surface area contributed by atoms with Crippen LogP contribution in [-0.2, 0) is 24.3 Å². The van der Waals surface area contributed by atoms with Crippen molar-refractivity contribution in [2.45, 2.75) is 24.7 Å². The molecule has 0 fully saturated rings. The average molecular weight is 471 g/mol. The van der Waals surface area contributed by atoms with Crippen LogP contribution in [0.5, 0.6) is 5.75 Å². The van der Waals surface area contributed by atoms with Crippen LogP contribution in [0.3, 0.4) is 0 Å². The van der Waals surface area contributed by atoms with Crippen molar-refractivity contribution in [2.24, 2.45) is 0 Å². The van der Waals surface area contributed by atoms with Crippen molar-refractivity contribution >= 4 is 35.0 Å². The maximum atomic E-state index is 12.7. The Kier molecular flexibility index (Phi) is 7.14. The van der Waals surface area contributed by atoms with Crippen LogP contribution in [0.2, 0.25) is 5.02 Å². The number of ether oxygens (including phenoxy) is 1. The lowest BCUT2D eigenvalue weighted by molar-refractivity contribution is -0.113. The lowest BCUT2D eigenvalue weighted by Gasteiger charge is -2.27. The van der Waals surface area contributed by atoms with Gasteiger partial charge in [0.1, 0.15) is 5.75 Å². The highest BCUT2D eigenvalue weighted by Gasteiger charge is 2.21. The molecule has 1 aromatic heterocycles. The van der Waals surface area contributed by atoms with Crippen LogP contribution in [0.15, 0.2) is 58.5 Å². The number of amides is 1. The standard InChI is InChI=1S/C23H23ClN4O3S/c1-31-18-7-5-15(6-8-18)12-28-10-9-20-19(13-28)22(30)27-23(26-20)32-14-21(29)25-17-4-2-3-16(24)11-17/h2-8,11H,9-10,12-14H2,1H3,(H,25,29)(H,26,27,30). The number of nitrogens with zero attached hydrogens (tertiary/aromatic N) is 2. The fourth-order valence-electron chi connectivity index (χ4n) is 3.55. The third-order valence-corrected chi connectivity index (χ3v) is 6.25. The van der Waals surface area contributed by atoms with E-state index in [1.165, 1.54) is 11.8 Å². The van der Waals surface area contributed by atoms with Gasteiger partial charge < -0.3 is 15.0 Å². The van der Waals surface area contributed by atoms with Crippen molar-refractivity contribution in [3.8, 4) is 5.75 Å². The van der Waals surface area contributed by atoms with Gasteiger partial charge in [-0.1, -0.05) is 41.6 Å². The van der Waals surface area contributed by atoms with E-state index in [9.17, 15) is 9.59 Å². The van der Waals surface area contributed by atoms with Crippen molar-refractivity contribution in [3.63, 3.8) is 0 Å². The third kappa shape index (κ3) is 5.70. The van der Waals surface area contributed by atoms with Crippen LogP contribution in [0.25, 0.3) is 0 Å². The number of rotatable bonds is 7. The first-order chi connectivity index (χ1) is 15.5. The number of fused-ring (bicyclic) bond motifs is 1. The molecule has 7 nitrogen and oxygen atoms in total. The first kappa shape index (κ1) is 22.4. The van der Waals surface area contributed by atoms with E-state index in [-0.39, 0.29) is 17.2 Å². The summed E-state index contributed by atoms with van der Waals surface area (Å²) in [6.45, 7) is 2.11. The minimum atomic E-state index is -0.191. The van der Waals surface area contributed by atoms with Crippen LogP contribution >= 0.6 is 23.4 Å².